The van der Waals surface area contributed by atoms with Crippen LogP contribution in [0.3, 0.4) is 0 Å². The van der Waals surface area contributed by atoms with Crippen LogP contribution in [0.2, 0.25) is 0 Å². The van der Waals surface area contributed by atoms with Crippen LogP contribution >= 0.6 is 0 Å². The van der Waals surface area contributed by atoms with Gasteiger partial charge in [-0.05, 0) is 14.1 Å². The fourth-order valence-corrected chi connectivity index (χ4v) is 1.64. The molecule has 5 heteroatoms. The molecule has 1 aliphatic rings. The molecule has 1 aliphatic heterocycles. The van der Waals surface area contributed by atoms with Crippen LogP contribution in [0.1, 0.15) is 12.8 Å². The third-order valence-electron chi connectivity index (χ3n) is 2.38. The molecule has 1 rings (SSSR count). The number of carbonyl (C=O) groups is 1. The molecule has 0 spiro atoms. The van der Waals surface area contributed by atoms with Crippen LogP contribution in [0.25, 0.3) is 0 Å². The fraction of sp³-hybridized carbons (Fsp3) is 0.857. The van der Waals surface area contributed by atoms with Gasteiger partial charge in [0.1, 0.15) is 0 Å². The number of hydrogen-bond donors (Lipinski definition) is 3. The number of amides is 1. The minimum Gasteiger partial charge on any atom is -0.284 e. The van der Waals surface area contributed by atoms with E-state index >= 15 is 0 Å². The Kier molecular flexibility index (Phi) is 2.66. The van der Waals surface area contributed by atoms with Crippen molar-refractivity contribution in [2.24, 2.45) is 0 Å². The van der Waals surface area contributed by atoms with Gasteiger partial charge in [-0.3, -0.25) is 15.4 Å². The second kappa shape index (κ2) is 3.38. The predicted octanol–water partition coefficient (Wildman–Crippen LogP) is -1.16. The summed E-state index contributed by atoms with van der Waals surface area (Å²) >= 11 is 0. The predicted molar refractivity (Wildman–Crippen MR) is 46.0 cm³/mol. The first-order chi connectivity index (χ1) is 5.70. The zero-order valence-corrected chi connectivity index (χ0v) is 7.77. The molecular weight excluding hydrogens is 156 g/mol. The summed E-state index contributed by atoms with van der Waals surface area (Å²) in [6.45, 7) is 0. The first-order valence-electron chi connectivity index (χ1n) is 4.08. The van der Waals surface area contributed by atoms with E-state index in [-0.39, 0.29) is 5.91 Å². The molecule has 1 saturated heterocycles. The second-order valence-corrected chi connectivity index (χ2v) is 2.81. The molecule has 3 N–H and O–H groups in total. The molecule has 5 nitrogen and oxygen atoms in total. The maximum Gasteiger partial charge on any atom is 0.239 e. The number of hydrazine groups is 1. The van der Waals surface area contributed by atoms with E-state index in [0.717, 1.165) is 6.42 Å². The summed E-state index contributed by atoms with van der Waals surface area (Å²) in [6, 6.07) is 0. The molecule has 1 fully saturated rings. The van der Waals surface area contributed by atoms with Gasteiger partial charge >= 0.3 is 0 Å². The molecule has 0 atom stereocenters. The van der Waals surface area contributed by atoms with E-state index in [2.05, 4.69) is 16.1 Å². The third-order valence-corrected chi connectivity index (χ3v) is 2.38. The van der Waals surface area contributed by atoms with Gasteiger partial charge in [0.15, 0.2) is 5.79 Å². The van der Waals surface area contributed by atoms with E-state index in [9.17, 15) is 4.79 Å². The van der Waals surface area contributed by atoms with Crippen LogP contribution in [0.15, 0.2) is 0 Å². The molecule has 12 heavy (non-hydrogen) atoms. The molecule has 0 aliphatic carbocycles. The van der Waals surface area contributed by atoms with Crippen LogP contribution in [0.5, 0.6) is 0 Å². The van der Waals surface area contributed by atoms with Gasteiger partial charge in [0, 0.05) is 19.9 Å². The number of rotatable bonds is 3. The lowest BCUT2D eigenvalue weighted by atomic mass is 10.2. The highest BCUT2D eigenvalue weighted by atomic mass is 16.2. The summed E-state index contributed by atoms with van der Waals surface area (Å²) in [7, 11) is 5.41. The lowest BCUT2D eigenvalue weighted by molar-refractivity contribution is -0.136. The van der Waals surface area contributed by atoms with E-state index < -0.39 is 5.79 Å². The summed E-state index contributed by atoms with van der Waals surface area (Å²) in [5, 5.41) is 7.77. The van der Waals surface area contributed by atoms with Gasteiger partial charge < -0.3 is 0 Å². The van der Waals surface area contributed by atoms with Gasteiger partial charge in [-0.15, -0.1) is 0 Å². The Morgan fingerprint density at radius 1 is 1.33 bits per heavy atom. The van der Waals surface area contributed by atoms with Crippen molar-refractivity contribution in [2.75, 3.05) is 21.1 Å². The minimum absolute atomic E-state index is 0.112. The van der Waals surface area contributed by atoms with Crippen molar-refractivity contribution in [3.8, 4) is 0 Å². The molecule has 0 aromatic carbocycles. The zero-order chi connectivity index (χ0) is 9.19. The molecule has 0 aromatic heterocycles. The summed E-state index contributed by atoms with van der Waals surface area (Å²) < 4.78 is 0. The Balaban J connectivity index is 2.81. The summed E-state index contributed by atoms with van der Waals surface area (Å²) in [4.78, 5) is 11.3. The average molecular weight is 172 g/mol. The SMILES string of the molecule is CNN1C(=O)CCC1(NC)NC. The first-order valence-corrected chi connectivity index (χ1v) is 4.08. The van der Waals surface area contributed by atoms with Gasteiger partial charge in [-0.2, -0.15) is 0 Å². The number of hydrogen-bond acceptors (Lipinski definition) is 4. The van der Waals surface area contributed by atoms with E-state index in [1.807, 2.05) is 14.1 Å². The normalized spacial score (nSPS) is 21.9. The van der Waals surface area contributed by atoms with Crippen molar-refractivity contribution >= 4 is 5.91 Å². The third kappa shape index (κ3) is 1.20. The Morgan fingerprint density at radius 3 is 2.25 bits per heavy atom. The van der Waals surface area contributed by atoms with Gasteiger partial charge in [0.05, 0.1) is 0 Å². The minimum atomic E-state index is -0.411. The molecule has 1 amide bonds. The molecule has 0 aromatic rings. The van der Waals surface area contributed by atoms with Crippen molar-refractivity contribution in [1.82, 2.24) is 21.1 Å². The van der Waals surface area contributed by atoms with Crippen molar-refractivity contribution in [1.29, 1.82) is 0 Å². The highest BCUT2D eigenvalue weighted by Gasteiger charge is 2.42. The molecule has 0 unspecified atom stereocenters. The number of nitrogens with zero attached hydrogens (tertiary/aromatic N) is 1. The summed E-state index contributed by atoms with van der Waals surface area (Å²) in [5.74, 6) is -0.299. The summed E-state index contributed by atoms with van der Waals surface area (Å²) in [6.07, 6.45) is 1.35. The standard InChI is InChI=1S/C7H16N4O/c1-8-7(9-2)5-4-6(12)11(7)10-3/h8-10H,4-5H2,1-3H3. The lowest BCUT2D eigenvalue weighted by Gasteiger charge is -2.36. The van der Waals surface area contributed by atoms with Gasteiger partial charge in [0.2, 0.25) is 5.91 Å². The van der Waals surface area contributed by atoms with E-state index in [0.29, 0.717) is 6.42 Å². The molecule has 70 valence electrons. The Bertz CT molecular complexity index is 178. The zero-order valence-electron chi connectivity index (χ0n) is 7.77. The largest absolute Gasteiger partial charge is 0.284 e. The topological polar surface area (TPSA) is 56.4 Å². The van der Waals surface area contributed by atoms with Crippen LogP contribution < -0.4 is 16.1 Å². The molecule has 1 heterocycles. The molecular formula is C7H16N4O. The Labute approximate surface area is 72.5 Å². The number of carbonyl (C=O) groups excluding carboxylic acids is 1. The Hall–Kier alpha value is -0.650. The van der Waals surface area contributed by atoms with Crippen molar-refractivity contribution in [3.63, 3.8) is 0 Å². The van der Waals surface area contributed by atoms with Crippen LogP contribution in [-0.2, 0) is 4.79 Å². The highest BCUT2D eigenvalue weighted by Crippen LogP contribution is 2.21. The molecule has 0 bridgehead atoms. The van der Waals surface area contributed by atoms with E-state index in [1.165, 1.54) is 0 Å². The number of nitrogens with one attached hydrogen (secondary N) is 3. The second-order valence-electron chi connectivity index (χ2n) is 2.81. The van der Waals surface area contributed by atoms with Gasteiger partial charge in [-0.1, -0.05) is 0 Å². The van der Waals surface area contributed by atoms with Crippen molar-refractivity contribution < 1.29 is 4.79 Å². The maximum atomic E-state index is 11.3. The average Bonchev–Trinajstić information content (AvgIpc) is 2.43. The van der Waals surface area contributed by atoms with Gasteiger partial charge in [0.25, 0.3) is 0 Å². The molecule has 0 radical (unpaired) electrons. The van der Waals surface area contributed by atoms with Crippen molar-refractivity contribution in [3.05, 3.63) is 0 Å². The fourth-order valence-electron chi connectivity index (χ4n) is 1.64. The van der Waals surface area contributed by atoms with Crippen LogP contribution in [0.4, 0.5) is 0 Å². The highest BCUT2D eigenvalue weighted by molar-refractivity contribution is 5.78. The Morgan fingerprint density at radius 2 is 1.92 bits per heavy atom. The smallest absolute Gasteiger partial charge is 0.239 e. The lowest BCUT2D eigenvalue weighted by Crippen LogP contribution is -2.66. The molecule has 0 saturated carbocycles. The summed E-state index contributed by atoms with van der Waals surface area (Å²) in [5.41, 5.74) is 2.87. The maximum absolute atomic E-state index is 11.3. The van der Waals surface area contributed by atoms with Gasteiger partial charge in [-0.25, -0.2) is 10.4 Å². The van der Waals surface area contributed by atoms with E-state index in [4.69, 9.17) is 0 Å². The van der Waals surface area contributed by atoms with E-state index in [1.54, 1.807) is 12.1 Å². The monoisotopic (exact) mass is 172 g/mol. The quantitative estimate of drug-likeness (QED) is 0.470. The first kappa shape index (κ1) is 9.44. The van der Waals surface area contributed by atoms with Crippen LogP contribution in [-0.4, -0.2) is 37.8 Å². The van der Waals surface area contributed by atoms with Crippen LogP contribution in [0, 0.1) is 0 Å². The van der Waals surface area contributed by atoms with Crippen molar-refractivity contribution in [2.45, 2.75) is 18.6 Å².